The van der Waals surface area contributed by atoms with E-state index in [1.54, 1.807) is 0 Å². The molecule has 3 nitrogen and oxygen atoms in total. The summed E-state index contributed by atoms with van der Waals surface area (Å²) in [7, 11) is 0. The first-order chi connectivity index (χ1) is 8.15. The van der Waals surface area contributed by atoms with Gasteiger partial charge in [-0.15, -0.1) is 11.6 Å². The van der Waals surface area contributed by atoms with Crippen LogP contribution in [0.1, 0.15) is 33.1 Å². The average Bonchev–Trinajstić information content (AvgIpc) is 2.48. The average molecular weight is 262 g/mol. The second kappa shape index (κ2) is 7.93. The number of hydrogen-bond donors (Lipinski definition) is 0. The van der Waals surface area contributed by atoms with Crippen molar-refractivity contribution in [3.8, 4) is 0 Å². The highest BCUT2D eigenvalue weighted by atomic mass is 35.5. The molecular formula is C13H24ClNO2. The lowest BCUT2D eigenvalue weighted by molar-refractivity contribution is -0.131. The molecule has 0 spiro atoms. The molecule has 17 heavy (non-hydrogen) atoms. The largest absolute Gasteiger partial charge is 0.378 e. The van der Waals surface area contributed by atoms with Crippen molar-refractivity contribution in [2.45, 2.75) is 33.1 Å². The van der Waals surface area contributed by atoms with Gasteiger partial charge in [-0.05, 0) is 24.7 Å². The van der Waals surface area contributed by atoms with Crippen molar-refractivity contribution in [1.29, 1.82) is 0 Å². The summed E-state index contributed by atoms with van der Waals surface area (Å²) in [6.07, 6.45) is 2.85. The van der Waals surface area contributed by atoms with Crippen LogP contribution in [0.15, 0.2) is 0 Å². The molecule has 1 heterocycles. The molecule has 1 unspecified atom stereocenters. The van der Waals surface area contributed by atoms with Gasteiger partial charge in [0.15, 0.2) is 0 Å². The third-order valence-electron chi connectivity index (χ3n) is 3.52. The number of hydrogen-bond acceptors (Lipinski definition) is 2. The molecule has 1 fully saturated rings. The standard InChI is InChI=1S/C13H24ClNO2/c1-11(2)12-3-4-13(16)15(7-5-12)8-10-17-9-6-14/h11-12H,3-10H2,1-2H3. The lowest BCUT2D eigenvalue weighted by Gasteiger charge is -2.21. The molecule has 0 aromatic heterocycles. The summed E-state index contributed by atoms with van der Waals surface area (Å²) in [5, 5.41) is 0. The van der Waals surface area contributed by atoms with Gasteiger partial charge in [0.05, 0.1) is 13.2 Å². The van der Waals surface area contributed by atoms with Gasteiger partial charge in [-0.25, -0.2) is 0 Å². The van der Waals surface area contributed by atoms with Crippen LogP contribution in [-0.4, -0.2) is 43.0 Å². The SMILES string of the molecule is CC(C)C1CCC(=O)N(CCOCCCl)CC1. The Bertz CT molecular complexity index is 233. The van der Waals surface area contributed by atoms with E-state index in [0.29, 0.717) is 43.9 Å². The summed E-state index contributed by atoms with van der Waals surface area (Å²) in [4.78, 5) is 13.8. The first-order valence-corrected chi connectivity index (χ1v) is 7.10. The molecular weight excluding hydrogens is 238 g/mol. The number of amides is 1. The van der Waals surface area contributed by atoms with E-state index in [4.69, 9.17) is 16.3 Å². The summed E-state index contributed by atoms with van der Waals surface area (Å²) in [6.45, 7) is 7.25. The summed E-state index contributed by atoms with van der Waals surface area (Å²) in [5.74, 6) is 2.16. The van der Waals surface area contributed by atoms with E-state index < -0.39 is 0 Å². The second-order valence-electron chi connectivity index (χ2n) is 5.01. The molecule has 1 rings (SSSR count). The smallest absolute Gasteiger partial charge is 0.222 e. The number of alkyl halides is 1. The number of carbonyl (C=O) groups excluding carboxylic acids is 1. The van der Waals surface area contributed by atoms with Crippen LogP contribution in [0, 0.1) is 11.8 Å². The van der Waals surface area contributed by atoms with Crippen LogP contribution in [0.3, 0.4) is 0 Å². The number of nitrogens with zero attached hydrogens (tertiary/aromatic N) is 1. The fraction of sp³-hybridized carbons (Fsp3) is 0.923. The van der Waals surface area contributed by atoms with E-state index in [-0.39, 0.29) is 5.91 Å². The van der Waals surface area contributed by atoms with Gasteiger partial charge in [0.2, 0.25) is 5.91 Å². The highest BCUT2D eigenvalue weighted by Crippen LogP contribution is 2.24. The molecule has 1 saturated heterocycles. The second-order valence-corrected chi connectivity index (χ2v) is 5.39. The molecule has 1 aliphatic rings. The molecule has 1 atom stereocenters. The Labute approximate surface area is 109 Å². The van der Waals surface area contributed by atoms with E-state index in [0.717, 1.165) is 19.4 Å². The molecule has 1 aliphatic heterocycles. The molecule has 0 aromatic carbocycles. The predicted octanol–water partition coefficient (Wildman–Crippen LogP) is 2.53. The Morgan fingerprint density at radius 3 is 2.82 bits per heavy atom. The predicted molar refractivity (Wildman–Crippen MR) is 70.3 cm³/mol. The third kappa shape index (κ3) is 5.26. The van der Waals surface area contributed by atoms with Crippen molar-refractivity contribution >= 4 is 17.5 Å². The van der Waals surface area contributed by atoms with E-state index in [1.165, 1.54) is 0 Å². The lowest BCUT2D eigenvalue weighted by Crippen LogP contribution is -2.33. The Balaban J connectivity index is 2.32. The van der Waals surface area contributed by atoms with Gasteiger partial charge in [0.25, 0.3) is 0 Å². The van der Waals surface area contributed by atoms with Gasteiger partial charge in [-0.2, -0.15) is 0 Å². The van der Waals surface area contributed by atoms with Crippen molar-refractivity contribution < 1.29 is 9.53 Å². The summed E-state index contributed by atoms with van der Waals surface area (Å²) < 4.78 is 5.32. The fourth-order valence-corrected chi connectivity index (χ4v) is 2.40. The number of likely N-dealkylation sites (tertiary alicyclic amines) is 1. The lowest BCUT2D eigenvalue weighted by atomic mass is 9.89. The Morgan fingerprint density at radius 1 is 1.41 bits per heavy atom. The van der Waals surface area contributed by atoms with Gasteiger partial charge in [0.1, 0.15) is 0 Å². The molecule has 4 heteroatoms. The summed E-state index contributed by atoms with van der Waals surface area (Å²) >= 11 is 5.53. The zero-order chi connectivity index (χ0) is 12.7. The molecule has 0 bridgehead atoms. The first-order valence-electron chi connectivity index (χ1n) is 6.56. The maximum absolute atomic E-state index is 11.9. The quantitative estimate of drug-likeness (QED) is 0.543. The minimum Gasteiger partial charge on any atom is -0.378 e. The van der Waals surface area contributed by atoms with Gasteiger partial charge in [-0.3, -0.25) is 4.79 Å². The first kappa shape index (κ1) is 14.8. The number of rotatable bonds is 6. The van der Waals surface area contributed by atoms with E-state index in [2.05, 4.69) is 13.8 Å². The monoisotopic (exact) mass is 261 g/mol. The van der Waals surface area contributed by atoms with Crippen molar-refractivity contribution in [3.63, 3.8) is 0 Å². The van der Waals surface area contributed by atoms with Gasteiger partial charge < -0.3 is 9.64 Å². The summed E-state index contributed by atoms with van der Waals surface area (Å²) in [6, 6.07) is 0. The molecule has 0 aliphatic carbocycles. The maximum atomic E-state index is 11.9. The van der Waals surface area contributed by atoms with E-state index in [1.807, 2.05) is 4.90 Å². The Kier molecular flexibility index (Phi) is 6.90. The van der Waals surface area contributed by atoms with Crippen LogP contribution in [-0.2, 0) is 9.53 Å². The zero-order valence-electron chi connectivity index (χ0n) is 11.0. The maximum Gasteiger partial charge on any atom is 0.222 e. The molecule has 0 saturated carbocycles. The summed E-state index contributed by atoms with van der Waals surface area (Å²) in [5.41, 5.74) is 0. The minimum absolute atomic E-state index is 0.280. The van der Waals surface area contributed by atoms with Crippen LogP contribution < -0.4 is 0 Å². The van der Waals surface area contributed by atoms with Crippen LogP contribution in [0.4, 0.5) is 0 Å². The highest BCUT2D eigenvalue weighted by molar-refractivity contribution is 6.17. The van der Waals surface area contributed by atoms with Crippen LogP contribution in [0.2, 0.25) is 0 Å². The molecule has 0 N–H and O–H groups in total. The van der Waals surface area contributed by atoms with Gasteiger partial charge in [-0.1, -0.05) is 13.8 Å². The minimum atomic E-state index is 0.280. The number of ether oxygens (including phenoxy) is 1. The number of halogens is 1. The molecule has 0 radical (unpaired) electrons. The van der Waals surface area contributed by atoms with Crippen LogP contribution >= 0.6 is 11.6 Å². The molecule has 100 valence electrons. The van der Waals surface area contributed by atoms with Crippen molar-refractivity contribution in [2.24, 2.45) is 11.8 Å². The number of carbonyl (C=O) groups is 1. The Hall–Kier alpha value is -0.280. The van der Waals surface area contributed by atoms with Gasteiger partial charge in [0, 0.05) is 25.4 Å². The highest BCUT2D eigenvalue weighted by Gasteiger charge is 2.23. The van der Waals surface area contributed by atoms with Crippen molar-refractivity contribution in [1.82, 2.24) is 4.90 Å². The normalized spacial score (nSPS) is 22.0. The zero-order valence-corrected chi connectivity index (χ0v) is 11.7. The third-order valence-corrected chi connectivity index (χ3v) is 3.68. The van der Waals surface area contributed by atoms with E-state index in [9.17, 15) is 4.79 Å². The fourth-order valence-electron chi connectivity index (χ4n) is 2.29. The Morgan fingerprint density at radius 2 is 2.18 bits per heavy atom. The topological polar surface area (TPSA) is 29.5 Å². The molecule has 0 aromatic rings. The van der Waals surface area contributed by atoms with Gasteiger partial charge >= 0.3 is 0 Å². The van der Waals surface area contributed by atoms with Crippen molar-refractivity contribution in [3.05, 3.63) is 0 Å². The molecule has 1 amide bonds. The van der Waals surface area contributed by atoms with E-state index >= 15 is 0 Å². The van der Waals surface area contributed by atoms with Crippen LogP contribution in [0.5, 0.6) is 0 Å². The van der Waals surface area contributed by atoms with Crippen molar-refractivity contribution in [2.75, 3.05) is 32.2 Å². The van der Waals surface area contributed by atoms with Crippen LogP contribution in [0.25, 0.3) is 0 Å².